The van der Waals surface area contributed by atoms with Crippen LogP contribution in [-0.2, 0) is 6.42 Å². The molecular weight excluding hydrogens is 302 g/mol. The lowest BCUT2D eigenvalue weighted by molar-refractivity contribution is 0.148. The Balaban J connectivity index is 1.72. The van der Waals surface area contributed by atoms with E-state index in [0.717, 1.165) is 12.0 Å². The number of aryl methyl sites for hydroxylation is 1. The van der Waals surface area contributed by atoms with Crippen molar-refractivity contribution in [3.8, 4) is 0 Å². The number of benzene rings is 1. The summed E-state index contributed by atoms with van der Waals surface area (Å²) in [6.45, 7) is 6.92. The van der Waals surface area contributed by atoms with Crippen LogP contribution in [0.1, 0.15) is 102 Å². The molecule has 0 bridgehead atoms. The van der Waals surface area contributed by atoms with Crippen molar-refractivity contribution in [2.45, 2.75) is 109 Å². The summed E-state index contributed by atoms with van der Waals surface area (Å²) < 4.78 is 0. The van der Waals surface area contributed by atoms with Gasteiger partial charge in [0.25, 0.3) is 0 Å². The maximum atomic E-state index is 2.57. The molecule has 2 rings (SSSR count). The number of hydrogen-bond acceptors (Lipinski definition) is 1. The lowest BCUT2D eigenvalue weighted by Crippen LogP contribution is -2.39. The highest BCUT2D eigenvalue weighted by Crippen LogP contribution is 2.35. The highest BCUT2D eigenvalue weighted by molar-refractivity contribution is 5.26. The van der Waals surface area contributed by atoms with E-state index >= 15 is 0 Å². The molecule has 1 aromatic carbocycles. The minimum absolute atomic E-state index is 0.669. The molecule has 25 heavy (non-hydrogen) atoms. The predicted molar refractivity (Wildman–Crippen MR) is 111 cm³/mol. The third kappa shape index (κ3) is 6.77. The molecule has 0 atom stereocenters. The van der Waals surface area contributed by atoms with Gasteiger partial charge in [-0.05, 0) is 76.5 Å². The summed E-state index contributed by atoms with van der Waals surface area (Å²) in [6.07, 6.45) is 15.0. The average Bonchev–Trinajstić information content (AvgIpc) is 2.64. The van der Waals surface area contributed by atoms with Gasteiger partial charge in [0.15, 0.2) is 0 Å². The molecule has 1 aromatic rings. The Bertz CT molecular complexity index is 453. The van der Waals surface area contributed by atoms with Crippen molar-refractivity contribution in [2.75, 3.05) is 7.05 Å². The second-order valence-electron chi connectivity index (χ2n) is 8.52. The second-order valence-corrected chi connectivity index (χ2v) is 8.52. The van der Waals surface area contributed by atoms with Gasteiger partial charge in [-0.15, -0.1) is 0 Å². The largest absolute Gasteiger partial charge is 0.301 e. The number of unbranched alkanes of at least 4 members (excludes halogenated alkanes) is 5. The summed E-state index contributed by atoms with van der Waals surface area (Å²) in [6, 6.07) is 11.1. The van der Waals surface area contributed by atoms with Crippen LogP contribution < -0.4 is 0 Å². The van der Waals surface area contributed by atoms with Crippen molar-refractivity contribution in [1.29, 1.82) is 0 Å². The highest BCUT2D eigenvalue weighted by atomic mass is 15.1. The van der Waals surface area contributed by atoms with E-state index in [4.69, 9.17) is 0 Å². The van der Waals surface area contributed by atoms with E-state index in [-0.39, 0.29) is 0 Å². The highest BCUT2D eigenvalue weighted by Gasteiger charge is 2.25. The van der Waals surface area contributed by atoms with Crippen LogP contribution in [0.2, 0.25) is 0 Å². The maximum Gasteiger partial charge on any atom is 0.00953 e. The fraction of sp³-hybridized carbons (Fsp3) is 0.750. The Kier molecular flexibility index (Phi) is 9.03. The van der Waals surface area contributed by atoms with E-state index in [2.05, 4.69) is 57.0 Å². The summed E-state index contributed by atoms with van der Waals surface area (Å²) in [5.74, 6) is 0.792. The van der Waals surface area contributed by atoms with Crippen molar-refractivity contribution in [1.82, 2.24) is 4.90 Å². The molecule has 1 fully saturated rings. The first-order valence-corrected chi connectivity index (χ1v) is 10.9. The molecule has 0 amide bonds. The monoisotopic (exact) mass is 343 g/mol. The van der Waals surface area contributed by atoms with Gasteiger partial charge < -0.3 is 4.90 Å². The molecule has 0 aliphatic heterocycles. The van der Waals surface area contributed by atoms with Crippen molar-refractivity contribution in [3.63, 3.8) is 0 Å². The molecule has 1 aliphatic carbocycles. The molecule has 0 aromatic heterocycles. The van der Waals surface area contributed by atoms with Gasteiger partial charge in [-0.1, -0.05) is 63.3 Å². The fourth-order valence-electron chi connectivity index (χ4n) is 4.30. The Morgan fingerprint density at radius 3 is 2.08 bits per heavy atom. The van der Waals surface area contributed by atoms with Gasteiger partial charge in [0, 0.05) is 12.1 Å². The van der Waals surface area contributed by atoms with Crippen molar-refractivity contribution >= 4 is 0 Å². The lowest BCUT2D eigenvalue weighted by Gasteiger charge is -2.37. The predicted octanol–water partition coefficient (Wildman–Crippen LogP) is 6.96. The van der Waals surface area contributed by atoms with E-state index < -0.39 is 0 Å². The van der Waals surface area contributed by atoms with Crippen molar-refractivity contribution < 1.29 is 0 Å². The van der Waals surface area contributed by atoms with Crippen LogP contribution in [0.25, 0.3) is 0 Å². The van der Waals surface area contributed by atoms with Gasteiger partial charge in [0.1, 0.15) is 0 Å². The minimum atomic E-state index is 0.669. The van der Waals surface area contributed by atoms with E-state index in [0.29, 0.717) is 6.04 Å². The molecule has 0 unspecified atom stereocenters. The zero-order chi connectivity index (χ0) is 18.1. The second kappa shape index (κ2) is 11.0. The summed E-state index contributed by atoms with van der Waals surface area (Å²) in [5, 5.41) is 0. The van der Waals surface area contributed by atoms with E-state index in [9.17, 15) is 0 Å². The first-order chi connectivity index (χ1) is 12.1. The van der Waals surface area contributed by atoms with Gasteiger partial charge in [-0.3, -0.25) is 0 Å². The third-order valence-electron chi connectivity index (χ3n) is 6.36. The van der Waals surface area contributed by atoms with Gasteiger partial charge >= 0.3 is 0 Å². The van der Waals surface area contributed by atoms with Gasteiger partial charge in [-0.2, -0.15) is 0 Å². The van der Waals surface area contributed by atoms with Crippen LogP contribution in [0.4, 0.5) is 0 Å². The molecule has 1 saturated carbocycles. The number of nitrogens with zero attached hydrogens (tertiary/aromatic N) is 1. The molecule has 0 radical (unpaired) electrons. The van der Waals surface area contributed by atoms with Crippen LogP contribution in [-0.4, -0.2) is 24.0 Å². The SMILES string of the molecule is CCCCCCCCc1ccc(C2CCC(N(C)C(C)C)CC2)cc1. The topological polar surface area (TPSA) is 3.24 Å². The van der Waals surface area contributed by atoms with Crippen molar-refractivity contribution in [3.05, 3.63) is 35.4 Å². The lowest BCUT2D eigenvalue weighted by atomic mass is 9.81. The molecule has 0 heterocycles. The Labute approximate surface area is 157 Å². The van der Waals surface area contributed by atoms with Crippen LogP contribution in [0.3, 0.4) is 0 Å². The summed E-state index contributed by atoms with van der Waals surface area (Å²) in [5.41, 5.74) is 3.12. The van der Waals surface area contributed by atoms with Crippen LogP contribution >= 0.6 is 0 Å². The number of rotatable bonds is 10. The molecule has 0 N–H and O–H groups in total. The fourth-order valence-corrected chi connectivity index (χ4v) is 4.30. The molecule has 0 spiro atoms. The van der Waals surface area contributed by atoms with E-state index in [1.165, 1.54) is 76.2 Å². The van der Waals surface area contributed by atoms with E-state index in [1.807, 2.05) is 0 Å². The van der Waals surface area contributed by atoms with Gasteiger partial charge in [-0.25, -0.2) is 0 Å². The first kappa shape index (κ1) is 20.5. The smallest absolute Gasteiger partial charge is 0.00953 e. The molecule has 1 heteroatoms. The summed E-state index contributed by atoms with van der Waals surface area (Å²) >= 11 is 0. The van der Waals surface area contributed by atoms with Crippen LogP contribution in [0.15, 0.2) is 24.3 Å². The molecule has 142 valence electrons. The first-order valence-electron chi connectivity index (χ1n) is 10.9. The molecule has 0 saturated heterocycles. The summed E-state index contributed by atoms with van der Waals surface area (Å²) in [7, 11) is 2.30. The summed E-state index contributed by atoms with van der Waals surface area (Å²) in [4.78, 5) is 2.57. The molecule has 1 aliphatic rings. The third-order valence-corrected chi connectivity index (χ3v) is 6.36. The van der Waals surface area contributed by atoms with Crippen molar-refractivity contribution in [2.24, 2.45) is 0 Å². The molecule has 1 nitrogen and oxygen atoms in total. The van der Waals surface area contributed by atoms with Crippen LogP contribution in [0.5, 0.6) is 0 Å². The van der Waals surface area contributed by atoms with Crippen LogP contribution in [0, 0.1) is 0 Å². The normalized spacial score (nSPS) is 21.2. The minimum Gasteiger partial charge on any atom is -0.301 e. The molecular formula is C24H41N. The quantitative estimate of drug-likeness (QED) is 0.415. The Hall–Kier alpha value is -0.820. The average molecular weight is 344 g/mol. The maximum absolute atomic E-state index is 2.57. The Morgan fingerprint density at radius 1 is 0.880 bits per heavy atom. The Morgan fingerprint density at radius 2 is 1.48 bits per heavy atom. The van der Waals surface area contributed by atoms with Gasteiger partial charge in [0.05, 0.1) is 0 Å². The zero-order valence-corrected chi connectivity index (χ0v) is 17.3. The van der Waals surface area contributed by atoms with Gasteiger partial charge in [0.2, 0.25) is 0 Å². The standard InChI is InChI=1S/C24H41N/c1-5-6-7-8-9-10-11-21-12-14-22(15-13-21)23-16-18-24(19-17-23)25(4)20(2)3/h12-15,20,23-24H,5-11,16-19H2,1-4H3. The van der Waals surface area contributed by atoms with E-state index in [1.54, 1.807) is 5.56 Å². The zero-order valence-electron chi connectivity index (χ0n) is 17.3. The number of hydrogen-bond donors (Lipinski definition) is 0.